The summed E-state index contributed by atoms with van der Waals surface area (Å²) in [5.41, 5.74) is 1.46. The van der Waals surface area contributed by atoms with Crippen LogP contribution in [0.15, 0.2) is 32.5 Å². The quantitative estimate of drug-likeness (QED) is 0.802. The fourth-order valence-electron chi connectivity index (χ4n) is 1.57. The summed E-state index contributed by atoms with van der Waals surface area (Å²) in [5.74, 6) is 0.675. The second kappa shape index (κ2) is 6.42. The van der Waals surface area contributed by atoms with Crippen molar-refractivity contribution in [3.63, 3.8) is 0 Å². The molecule has 1 aromatic heterocycles. The number of nitrogens with one attached hydrogen (secondary N) is 1. The largest absolute Gasteiger partial charge is 0.495 e. The lowest BCUT2D eigenvalue weighted by Crippen LogP contribution is -2.00. The van der Waals surface area contributed by atoms with Gasteiger partial charge in [-0.05, 0) is 50.1 Å². The lowest BCUT2D eigenvalue weighted by Gasteiger charge is -2.10. The third-order valence-corrected chi connectivity index (χ3v) is 5.74. The summed E-state index contributed by atoms with van der Waals surface area (Å²) in [4.78, 5) is 1.20. The van der Waals surface area contributed by atoms with Gasteiger partial charge in [-0.2, -0.15) is 5.26 Å². The van der Waals surface area contributed by atoms with Crippen molar-refractivity contribution in [2.45, 2.75) is 6.54 Å². The van der Waals surface area contributed by atoms with Crippen LogP contribution in [-0.2, 0) is 6.54 Å². The first-order valence-corrected chi connectivity index (χ1v) is 7.80. The zero-order chi connectivity index (χ0) is 13.8. The van der Waals surface area contributed by atoms with Crippen molar-refractivity contribution in [2.24, 2.45) is 0 Å². The van der Waals surface area contributed by atoms with Crippen LogP contribution in [0.25, 0.3) is 0 Å². The lowest BCUT2D eigenvalue weighted by atomic mass is 10.2. The molecule has 0 spiro atoms. The van der Waals surface area contributed by atoms with Gasteiger partial charge in [0.15, 0.2) is 0 Å². The molecule has 1 N–H and O–H groups in total. The van der Waals surface area contributed by atoms with E-state index in [2.05, 4.69) is 49.3 Å². The molecule has 0 atom stereocenters. The van der Waals surface area contributed by atoms with E-state index in [1.807, 2.05) is 6.07 Å². The molecule has 0 aliphatic rings. The first kappa shape index (κ1) is 14.4. The number of rotatable bonds is 4. The van der Waals surface area contributed by atoms with Gasteiger partial charge in [0.05, 0.1) is 28.2 Å². The molecule has 2 rings (SSSR count). The van der Waals surface area contributed by atoms with Gasteiger partial charge in [-0.3, -0.25) is 0 Å². The highest BCUT2D eigenvalue weighted by atomic mass is 79.9. The van der Waals surface area contributed by atoms with Crippen LogP contribution in [-0.4, -0.2) is 7.11 Å². The molecule has 0 saturated carbocycles. The minimum Gasteiger partial charge on any atom is -0.495 e. The number of nitrogens with zero attached hydrogens (tertiary/aromatic N) is 1. The zero-order valence-corrected chi connectivity index (χ0v) is 14.0. The number of halogens is 2. The normalized spacial score (nSPS) is 10.0. The van der Waals surface area contributed by atoms with Crippen LogP contribution in [0.4, 0.5) is 5.69 Å². The monoisotopic (exact) mass is 400 g/mol. The molecule has 98 valence electrons. The molecule has 0 aliphatic heterocycles. The Morgan fingerprint density at radius 3 is 2.74 bits per heavy atom. The minimum absolute atomic E-state index is 0.587. The molecular weight excluding hydrogens is 392 g/mol. The van der Waals surface area contributed by atoms with E-state index in [4.69, 9.17) is 10.00 Å². The van der Waals surface area contributed by atoms with Crippen molar-refractivity contribution in [1.29, 1.82) is 5.26 Å². The highest BCUT2D eigenvalue weighted by Crippen LogP contribution is 2.33. The van der Waals surface area contributed by atoms with E-state index in [9.17, 15) is 0 Å². The number of benzene rings is 1. The highest BCUT2D eigenvalue weighted by molar-refractivity contribution is 9.13. The van der Waals surface area contributed by atoms with Gasteiger partial charge >= 0.3 is 0 Å². The molecule has 1 heterocycles. The van der Waals surface area contributed by atoms with E-state index in [-0.39, 0.29) is 0 Å². The maximum atomic E-state index is 8.85. The topological polar surface area (TPSA) is 45.0 Å². The summed E-state index contributed by atoms with van der Waals surface area (Å²) in [6.45, 7) is 0.705. The number of hydrogen-bond acceptors (Lipinski definition) is 4. The number of hydrogen-bond donors (Lipinski definition) is 1. The average molecular weight is 402 g/mol. The summed E-state index contributed by atoms with van der Waals surface area (Å²) >= 11 is 8.61. The van der Waals surface area contributed by atoms with E-state index in [1.54, 1.807) is 30.6 Å². The van der Waals surface area contributed by atoms with Crippen LogP contribution >= 0.6 is 43.2 Å². The Bertz CT molecular complexity index is 615. The summed E-state index contributed by atoms with van der Waals surface area (Å²) in [6.07, 6.45) is 0. The van der Waals surface area contributed by atoms with E-state index < -0.39 is 0 Å². The maximum Gasteiger partial charge on any atom is 0.143 e. The van der Waals surface area contributed by atoms with Crippen LogP contribution < -0.4 is 10.1 Å². The van der Waals surface area contributed by atoms with Gasteiger partial charge in [0.2, 0.25) is 0 Å². The number of nitriles is 1. The summed E-state index contributed by atoms with van der Waals surface area (Å²) in [6, 6.07) is 9.51. The van der Waals surface area contributed by atoms with E-state index in [1.165, 1.54) is 4.88 Å². The Morgan fingerprint density at radius 2 is 2.16 bits per heavy atom. The molecule has 0 unspecified atom stereocenters. The number of methoxy groups -OCH3 is 1. The molecule has 0 saturated heterocycles. The second-order valence-electron chi connectivity index (χ2n) is 3.71. The predicted octanol–water partition coefficient (Wildman–Crippen LogP) is 4.77. The van der Waals surface area contributed by atoms with Gasteiger partial charge in [-0.1, -0.05) is 0 Å². The predicted molar refractivity (Wildman–Crippen MR) is 84.8 cm³/mol. The number of thiophene rings is 1. The van der Waals surface area contributed by atoms with Gasteiger partial charge < -0.3 is 10.1 Å². The summed E-state index contributed by atoms with van der Waals surface area (Å²) < 4.78 is 7.41. The molecular formula is C13H10Br2N2OS. The van der Waals surface area contributed by atoms with Gasteiger partial charge in [-0.25, -0.2) is 0 Å². The molecule has 3 nitrogen and oxygen atoms in total. The molecule has 19 heavy (non-hydrogen) atoms. The molecule has 0 aliphatic carbocycles. The zero-order valence-electron chi connectivity index (χ0n) is 10.0. The molecule has 6 heteroatoms. The van der Waals surface area contributed by atoms with Crippen LogP contribution in [0.1, 0.15) is 10.4 Å². The van der Waals surface area contributed by atoms with E-state index >= 15 is 0 Å². The first-order chi connectivity index (χ1) is 9.13. The van der Waals surface area contributed by atoms with Gasteiger partial charge in [0, 0.05) is 22.0 Å². The fraction of sp³-hybridized carbons (Fsp3) is 0.154. The van der Waals surface area contributed by atoms with E-state index in [0.717, 1.165) is 13.9 Å². The average Bonchev–Trinajstić information content (AvgIpc) is 2.75. The molecule has 1 aromatic carbocycles. The molecule has 0 radical (unpaired) electrons. The van der Waals surface area contributed by atoms with Gasteiger partial charge in [-0.15, -0.1) is 11.3 Å². The third-order valence-electron chi connectivity index (χ3n) is 2.48. The Balaban J connectivity index is 2.13. The van der Waals surface area contributed by atoms with Crippen LogP contribution in [0, 0.1) is 11.3 Å². The SMILES string of the molecule is COc1cc(C#N)ccc1NCc1cc(Br)c(Br)s1. The van der Waals surface area contributed by atoms with Crippen molar-refractivity contribution in [3.8, 4) is 11.8 Å². The summed E-state index contributed by atoms with van der Waals surface area (Å²) in [5, 5.41) is 12.2. The molecule has 0 fully saturated rings. The van der Waals surface area contributed by atoms with Crippen LogP contribution in [0.2, 0.25) is 0 Å². The molecule has 2 aromatic rings. The third kappa shape index (κ3) is 3.50. The van der Waals surface area contributed by atoms with Crippen molar-refractivity contribution in [2.75, 3.05) is 12.4 Å². The Labute approximate surface area is 132 Å². The Hall–Kier alpha value is -1.03. The first-order valence-electron chi connectivity index (χ1n) is 5.39. The second-order valence-corrected chi connectivity index (χ2v) is 7.02. The fourth-order valence-corrected chi connectivity index (χ4v) is 3.68. The highest BCUT2D eigenvalue weighted by Gasteiger charge is 2.07. The minimum atomic E-state index is 0.587. The van der Waals surface area contributed by atoms with Crippen LogP contribution in [0.3, 0.4) is 0 Å². The van der Waals surface area contributed by atoms with Crippen molar-refractivity contribution in [3.05, 3.63) is 43.0 Å². The lowest BCUT2D eigenvalue weighted by molar-refractivity contribution is 0.416. The standard InChI is InChI=1S/C13H10Br2N2OS/c1-18-12-4-8(6-16)2-3-11(12)17-7-9-5-10(14)13(15)19-9/h2-5,17H,7H2,1H3. The van der Waals surface area contributed by atoms with Crippen LogP contribution in [0.5, 0.6) is 5.75 Å². The van der Waals surface area contributed by atoms with Crippen molar-refractivity contribution in [1.82, 2.24) is 0 Å². The van der Waals surface area contributed by atoms with Crippen molar-refractivity contribution >= 4 is 48.9 Å². The smallest absolute Gasteiger partial charge is 0.143 e. The summed E-state index contributed by atoms with van der Waals surface area (Å²) in [7, 11) is 1.60. The molecule has 0 amide bonds. The maximum absolute atomic E-state index is 8.85. The number of ether oxygens (including phenoxy) is 1. The Morgan fingerprint density at radius 1 is 1.37 bits per heavy atom. The molecule has 0 bridgehead atoms. The van der Waals surface area contributed by atoms with Crippen molar-refractivity contribution < 1.29 is 4.74 Å². The Kier molecular flexibility index (Phi) is 4.86. The number of anilines is 1. The van der Waals surface area contributed by atoms with Gasteiger partial charge in [0.1, 0.15) is 5.75 Å². The van der Waals surface area contributed by atoms with Gasteiger partial charge in [0.25, 0.3) is 0 Å². The van der Waals surface area contributed by atoms with E-state index in [0.29, 0.717) is 17.9 Å².